The van der Waals surface area contributed by atoms with Crippen molar-refractivity contribution in [1.29, 1.82) is 0 Å². The second-order valence-electron chi connectivity index (χ2n) is 29.9. The molecule has 0 radical (unpaired) electrons. The first-order valence-corrected chi connectivity index (χ1v) is 43.8. The lowest BCUT2D eigenvalue weighted by Crippen LogP contribution is -2.07. The molecule has 0 saturated heterocycles. The summed E-state index contributed by atoms with van der Waals surface area (Å²) in [6, 6.07) is 16.8. The molecule has 0 saturated carbocycles. The zero-order chi connectivity index (χ0) is 71.2. The van der Waals surface area contributed by atoms with Gasteiger partial charge >= 0.3 is 0 Å². The van der Waals surface area contributed by atoms with Gasteiger partial charge in [-0.3, -0.25) is 0 Å². The Morgan fingerprint density at radius 1 is 0.170 bits per heavy atom. The average Bonchev–Trinajstić information content (AvgIpc) is 0.834. The molecule has 0 amide bonds. The van der Waals surface area contributed by atoms with Gasteiger partial charge in [0.1, 0.15) is 0 Å². The molecule has 0 unspecified atom stereocenters. The minimum atomic E-state index is 0.654. The Morgan fingerprint density at radius 3 is 0.480 bits per heavy atom. The van der Waals surface area contributed by atoms with Crippen molar-refractivity contribution in [2.24, 2.45) is 0 Å². The van der Waals surface area contributed by atoms with Crippen LogP contribution >= 0.6 is 0 Å². The quantitative estimate of drug-likeness (QED) is 0.0415. The fourth-order valence-corrected chi connectivity index (χ4v) is 13.6. The molecule has 6 nitrogen and oxygen atoms in total. The maximum atomic E-state index is 6.75. The maximum absolute atomic E-state index is 6.75. The van der Waals surface area contributed by atoms with E-state index in [9.17, 15) is 0 Å². The van der Waals surface area contributed by atoms with Crippen LogP contribution in [0.2, 0.25) is 0 Å². The Bertz CT molecular complexity index is 2140. The number of rotatable bonds is 72. The van der Waals surface area contributed by atoms with E-state index in [0.717, 1.165) is 95.3 Å². The molecule has 3 aromatic carbocycles. The molecule has 3 rings (SSSR count). The van der Waals surface area contributed by atoms with Crippen molar-refractivity contribution in [3.63, 3.8) is 0 Å². The van der Waals surface area contributed by atoms with Gasteiger partial charge in [-0.25, -0.2) is 0 Å². The Kier molecular flexibility index (Phi) is 61.9. The van der Waals surface area contributed by atoms with Gasteiger partial charge in [0.2, 0.25) is 11.5 Å². The second kappa shape index (κ2) is 69.0. The van der Waals surface area contributed by atoms with Crippen molar-refractivity contribution in [3.8, 4) is 58.2 Å². The Labute approximate surface area is 620 Å². The topological polar surface area (TPSA) is 55.4 Å². The second-order valence-corrected chi connectivity index (χ2v) is 29.9. The van der Waals surface area contributed by atoms with E-state index >= 15 is 0 Å². The molecule has 0 aliphatic carbocycles. The summed E-state index contributed by atoms with van der Waals surface area (Å²) in [6.07, 6.45) is 77.5. The maximum Gasteiger partial charge on any atom is 0.203 e. The van der Waals surface area contributed by atoms with Gasteiger partial charge in [0.05, 0.1) is 39.6 Å². The van der Waals surface area contributed by atoms with E-state index in [-0.39, 0.29) is 0 Å². The van der Waals surface area contributed by atoms with Crippen LogP contribution in [0.5, 0.6) is 34.5 Å². The van der Waals surface area contributed by atoms with E-state index in [1.807, 2.05) is 0 Å². The monoisotopic (exact) mass is 1380 g/mol. The minimum absolute atomic E-state index is 0.654. The summed E-state index contributed by atoms with van der Waals surface area (Å²) in [5, 5.41) is 0. The fraction of sp³-hybridized carbons (Fsp3) is 0.766. The molecule has 100 heavy (non-hydrogen) atoms. The lowest BCUT2D eigenvalue weighted by molar-refractivity contribution is 0.234. The van der Waals surface area contributed by atoms with Crippen LogP contribution in [0.3, 0.4) is 0 Å². The Hall–Kier alpha value is -4.42. The highest BCUT2D eigenvalue weighted by atomic mass is 16.5. The zero-order valence-corrected chi connectivity index (χ0v) is 66.7. The van der Waals surface area contributed by atoms with Crippen LogP contribution < -0.4 is 28.4 Å². The van der Waals surface area contributed by atoms with Crippen LogP contribution in [0.4, 0.5) is 0 Å². The van der Waals surface area contributed by atoms with Crippen LogP contribution in [0.15, 0.2) is 48.5 Å². The van der Waals surface area contributed by atoms with Crippen molar-refractivity contribution >= 4 is 0 Å². The molecular formula is C94H158O6. The van der Waals surface area contributed by atoms with Gasteiger partial charge in [-0.1, -0.05) is 412 Å². The summed E-state index contributed by atoms with van der Waals surface area (Å²) < 4.78 is 40.5. The summed E-state index contributed by atoms with van der Waals surface area (Å²) in [4.78, 5) is 0. The number of unbranched alkanes of at least 4 members (excludes halogenated alkanes) is 54. The van der Waals surface area contributed by atoms with Crippen LogP contribution in [-0.2, 0) is 0 Å². The molecule has 0 aliphatic rings. The summed E-state index contributed by atoms with van der Waals surface area (Å²) in [5.41, 5.74) is 3.61. The first-order valence-electron chi connectivity index (χ1n) is 43.8. The van der Waals surface area contributed by atoms with Gasteiger partial charge in [-0.15, -0.1) is 0 Å². The van der Waals surface area contributed by atoms with E-state index in [1.54, 1.807) is 0 Å². The van der Waals surface area contributed by atoms with E-state index in [0.29, 0.717) is 39.6 Å². The predicted octanol–water partition coefficient (Wildman–Crippen LogP) is 30.3. The number of ether oxygens (including phenoxy) is 6. The summed E-state index contributed by atoms with van der Waals surface area (Å²) >= 11 is 0. The fourth-order valence-electron chi connectivity index (χ4n) is 13.6. The highest BCUT2D eigenvalue weighted by Crippen LogP contribution is 2.41. The molecule has 6 heteroatoms. The van der Waals surface area contributed by atoms with Gasteiger partial charge in [-0.05, 0) is 87.1 Å². The van der Waals surface area contributed by atoms with Crippen molar-refractivity contribution in [2.75, 3.05) is 39.6 Å². The van der Waals surface area contributed by atoms with Crippen molar-refractivity contribution in [1.82, 2.24) is 0 Å². The number of hydrogen-bond donors (Lipinski definition) is 0. The first kappa shape index (κ1) is 89.8. The van der Waals surface area contributed by atoms with Gasteiger partial charge < -0.3 is 28.4 Å². The standard InChI is InChI=1S/C94H158O6/c1-7-13-19-25-31-37-43-49-55-61-75-95-89-81-87(82-90(96-76-62-56-50-44-38-32-26-20-14-8-2)93(89)99-79-65-59-53-47-41-35-29-23-17-11-5)73-71-85-67-69-86(70-68-85)72-74-88-83-91(97-77-63-57-51-45-39-33-27-21-15-9-3)94(100-80-66-60-54-48-42-36-30-24-18-12-6)92(84-88)98-78-64-58-52-46-40-34-28-22-16-10-4/h67-70,81-84H,7-66,75-80H2,1-6H3. The molecular weight excluding hydrogens is 1230 g/mol. The van der Waals surface area contributed by atoms with Crippen LogP contribution in [0.25, 0.3) is 0 Å². The van der Waals surface area contributed by atoms with Crippen molar-refractivity contribution in [3.05, 3.63) is 70.8 Å². The van der Waals surface area contributed by atoms with Gasteiger partial charge in [0, 0.05) is 22.3 Å². The summed E-state index contributed by atoms with van der Waals surface area (Å²) in [5.74, 6) is 18.6. The van der Waals surface area contributed by atoms with E-state index < -0.39 is 0 Å². The molecule has 0 fully saturated rings. The van der Waals surface area contributed by atoms with Crippen LogP contribution in [-0.4, -0.2) is 39.6 Å². The molecule has 0 atom stereocenters. The SMILES string of the molecule is CCCCCCCCCCCCOc1cc(C#Cc2ccc(C#Cc3cc(OCCCCCCCCCCCC)c(OCCCCCCCCCCCC)c(OCCCCCCCCCCCC)c3)cc2)cc(OCCCCCCCCCCCC)c1OCCCCCCCCCCCC. The van der Waals surface area contributed by atoms with E-state index in [4.69, 9.17) is 28.4 Å². The highest BCUT2D eigenvalue weighted by molar-refractivity contribution is 5.60. The first-order chi connectivity index (χ1) is 49.6. The van der Waals surface area contributed by atoms with Crippen LogP contribution in [0.1, 0.15) is 449 Å². The van der Waals surface area contributed by atoms with Crippen molar-refractivity contribution in [2.45, 2.75) is 427 Å². The number of benzene rings is 3. The molecule has 0 N–H and O–H groups in total. The van der Waals surface area contributed by atoms with Crippen molar-refractivity contribution < 1.29 is 28.4 Å². The molecule has 570 valence electrons. The minimum Gasteiger partial charge on any atom is -0.490 e. The smallest absolute Gasteiger partial charge is 0.203 e. The largest absolute Gasteiger partial charge is 0.490 e. The Morgan fingerprint density at radius 2 is 0.310 bits per heavy atom. The number of hydrogen-bond acceptors (Lipinski definition) is 6. The molecule has 0 heterocycles. The van der Waals surface area contributed by atoms with E-state index in [2.05, 4.69) is 114 Å². The third-order valence-electron chi connectivity index (χ3n) is 20.1. The summed E-state index contributed by atoms with van der Waals surface area (Å²) in [7, 11) is 0. The third-order valence-corrected chi connectivity index (χ3v) is 20.1. The van der Waals surface area contributed by atoms with E-state index in [1.165, 1.54) is 347 Å². The summed E-state index contributed by atoms with van der Waals surface area (Å²) in [6.45, 7) is 17.7. The normalized spacial score (nSPS) is 11.2. The lowest BCUT2D eigenvalue weighted by Gasteiger charge is -2.18. The zero-order valence-electron chi connectivity index (χ0n) is 66.7. The lowest BCUT2D eigenvalue weighted by atomic mass is 10.1. The van der Waals surface area contributed by atoms with Gasteiger partial charge in [-0.2, -0.15) is 0 Å². The predicted molar refractivity (Wildman–Crippen MR) is 435 cm³/mol. The van der Waals surface area contributed by atoms with Gasteiger partial charge in [0.25, 0.3) is 0 Å². The highest BCUT2D eigenvalue weighted by Gasteiger charge is 2.18. The van der Waals surface area contributed by atoms with Crippen LogP contribution in [0, 0.1) is 23.7 Å². The van der Waals surface area contributed by atoms with Gasteiger partial charge in [0.15, 0.2) is 23.0 Å². The molecule has 3 aromatic rings. The third kappa shape index (κ3) is 50.9. The molecule has 0 aromatic heterocycles. The molecule has 0 aliphatic heterocycles. The average molecular weight is 1380 g/mol. The molecule has 0 bridgehead atoms. The molecule has 0 spiro atoms. The Balaban J connectivity index is 1.90.